The number of anilines is 3. The van der Waals surface area contributed by atoms with Crippen LogP contribution < -0.4 is 9.64 Å². The largest absolute Gasteiger partial charge is 2.00 e. The number of ether oxygens (including phenoxy) is 1. The van der Waals surface area contributed by atoms with Crippen molar-refractivity contribution < 1.29 is 25.8 Å². The molecule has 1 aliphatic heterocycles. The fourth-order valence-electron chi connectivity index (χ4n) is 8.41. The Labute approximate surface area is 380 Å². The molecule has 1 aliphatic rings. The third-order valence-electron chi connectivity index (χ3n) is 11.7. The number of hydrogen-bond donors (Lipinski definition) is 0. The van der Waals surface area contributed by atoms with Gasteiger partial charge in [-0.3, -0.25) is 9.97 Å². The number of pyridine rings is 1. The van der Waals surface area contributed by atoms with Crippen molar-refractivity contribution in [1.29, 1.82) is 0 Å². The van der Waals surface area contributed by atoms with Gasteiger partial charge < -0.3 is 9.64 Å². The molecule has 0 saturated heterocycles. The number of rotatable bonds is 6. The predicted molar refractivity (Wildman–Crippen MR) is 250 cm³/mol. The fraction of sp³-hybridized carbons (Fsp3) is 0.236. The van der Waals surface area contributed by atoms with E-state index in [0.29, 0.717) is 11.5 Å². The number of hydrogen-bond acceptors (Lipinski definition) is 5. The summed E-state index contributed by atoms with van der Waals surface area (Å²) in [6.45, 7) is 20.5. The average molecular weight is 997 g/mol. The van der Waals surface area contributed by atoms with Gasteiger partial charge in [0.15, 0.2) is 0 Å². The minimum absolute atomic E-state index is 0. The van der Waals surface area contributed by atoms with Gasteiger partial charge in [-0.1, -0.05) is 123 Å². The quantitative estimate of drug-likeness (QED) is 0.156. The molecule has 9 rings (SSSR count). The van der Waals surface area contributed by atoms with Crippen molar-refractivity contribution in [2.24, 2.45) is 0 Å². The summed E-state index contributed by atoms with van der Waals surface area (Å²) in [7, 11) is 0. The zero-order valence-electron chi connectivity index (χ0n) is 36.3. The number of fused-ring (bicyclic) bond motifs is 3. The van der Waals surface area contributed by atoms with E-state index in [0.717, 1.165) is 60.2 Å². The van der Waals surface area contributed by atoms with Crippen LogP contribution in [0.1, 0.15) is 101 Å². The van der Waals surface area contributed by atoms with Gasteiger partial charge in [-0.25, -0.2) is 0 Å². The third kappa shape index (κ3) is 7.77. The van der Waals surface area contributed by atoms with Gasteiger partial charge in [-0.15, -0.1) is 41.5 Å². The smallest absolute Gasteiger partial charge is 0.503 e. The number of aromatic nitrogens is 2. The van der Waals surface area contributed by atoms with E-state index >= 15 is 0 Å². The van der Waals surface area contributed by atoms with Gasteiger partial charge in [0.25, 0.3) is 0 Å². The molecule has 0 bridgehead atoms. The molecule has 0 unspecified atom stereocenters. The van der Waals surface area contributed by atoms with Crippen LogP contribution in [0.4, 0.5) is 17.1 Å². The van der Waals surface area contributed by atoms with Crippen LogP contribution in [0.25, 0.3) is 20.8 Å². The van der Waals surface area contributed by atoms with Crippen LogP contribution in [0, 0.1) is 12.1 Å². The molecular weight excluding hydrogens is 946 g/mol. The Balaban J connectivity index is 0.00000514. The van der Waals surface area contributed by atoms with E-state index in [-0.39, 0.29) is 37.3 Å². The van der Waals surface area contributed by atoms with Gasteiger partial charge >= 0.3 is 21.1 Å². The summed E-state index contributed by atoms with van der Waals surface area (Å²) in [5.41, 5.74) is 12.1. The Morgan fingerprint density at radius 2 is 1.15 bits per heavy atom. The van der Waals surface area contributed by atoms with Crippen LogP contribution in [-0.2, 0) is 42.7 Å². The van der Waals surface area contributed by atoms with Crippen molar-refractivity contribution in [3.05, 3.63) is 197 Å². The van der Waals surface area contributed by atoms with Crippen molar-refractivity contribution in [3.63, 3.8) is 0 Å². The summed E-state index contributed by atoms with van der Waals surface area (Å²) in [4.78, 5) is 12.6. The zero-order valence-corrected chi connectivity index (χ0v) is 39.4. The molecule has 308 valence electrons. The van der Waals surface area contributed by atoms with Crippen LogP contribution in [0.5, 0.6) is 11.5 Å². The molecule has 8 aromatic rings. The molecule has 6 aromatic carbocycles. The Hall–Kier alpha value is -5.35. The van der Waals surface area contributed by atoms with Crippen LogP contribution >= 0.6 is 11.3 Å². The van der Waals surface area contributed by atoms with Crippen molar-refractivity contribution in [1.82, 2.24) is 9.97 Å². The molecule has 0 fully saturated rings. The summed E-state index contributed by atoms with van der Waals surface area (Å²) >= 11 is 1.66. The molecule has 0 saturated carbocycles. The van der Waals surface area contributed by atoms with E-state index < -0.39 is 5.41 Å². The third-order valence-corrected chi connectivity index (χ3v) is 12.8. The maximum atomic E-state index is 6.72. The molecule has 0 amide bonds. The van der Waals surface area contributed by atoms with Gasteiger partial charge in [-0.05, 0) is 92.6 Å². The second kappa shape index (κ2) is 15.8. The van der Waals surface area contributed by atoms with E-state index in [1.54, 1.807) is 11.3 Å². The summed E-state index contributed by atoms with van der Waals surface area (Å²) in [6, 6.07) is 57.3. The maximum absolute atomic E-state index is 6.72. The normalized spacial score (nSPS) is 13.6. The first-order valence-electron chi connectivity index (χ1n) is 20.8. The first-order valence-corrected chi connectivity index (χ1v) is 21.6. The maximum Gasteiger partial charge on any atom is 2.00 e. The van der Waals surface area contributed by atoms with Gasteiger partial charge in [0.05, 0.1) is 28.0 Å². The molecule has 6 heteroatoms. The molecule has 3 heterocycles. The summed E-state index contributed by atoms with van der Waals surface area (Å²) in [5.74, 6) is 1.20. The van der Waals surface area contributed by atoms with Gasteiger partial charge in [-0.2, -0.15) is 23.5 Å². The fourth-order valence-corrected chi connectivity index (χ4v) is 9.36. The van der Waals surface area contributed by atoms with Crippen LogP contribution in [-0.4, -0.2) is 9.97 Å². The minimum atomic E-state index is -0.873. The Bertz CT molecular complexity index is 2760. The first kappa shape index (κ1) is 42.3. The Morgan fingerprint density at radius 1 is 0.574 bits per heavy atom. The van der Waals surface area contributed by atoms with E-state index in [1.165, 1.54) is 16.7 Å². The standard InChI is InChI=1S/C55H51N3OS.Pt/c1-52(2,3)37-23-27-41(28-24-37)58-47-29-25-38(53(4,5)6)34-44(47)55(50-22-12-13-31-56-50,45-35-39(54(7,8)9)26-30-48(45)58)40-17-15-19-43(33-40)59-42-18-14-16-36(32-42)51-57-46-20-10-11-21-49(46)60-51;/h10-31,34-35H,1-9H3;/q-2;+2. The number of para-hydroxylation sites is 1. The molecular formula is C55H51N3OPtS. The zero-order chi connectivity index (χ0) is 42.0. The van der Waals surface area contributed by atoms with Gasteiger partial charge in [0, 0.05) is 33.1 Å². The van der Waals surface area contributed by atoms with Crippen molar-refractivity contribution >= 4 is 38.6 Å². The van der Waals surface area contributed by atoms with Gasteiger partial charge in [0.2, 0.25) is 0 Å². The van der Waals surface area contributed by atoms with Crippen LogP contribution in [0.3, 0.4) is 0 Å². The summed E-state index contributed by atoms with van der Waals surface area (Å²) in [5, 5.41) is 0.908. The molecule has 0 spiro atoms. The second-order valence-corrected chi connectivity index (χ2v) is 20.0. The Kier molecular flexibility index (Phi) is 11.0. The van der Waals surface area contributed by atoms with Crippen LogP contribution in [0.2, 0.25) is 0 Å². The first-order chi connectivity index (χ1) is 28.6. The second-order valence-electron chi connectivity index (χ2n) is 19.0. The number of benzene rings is 6. The SMILES string of the molecule is CC(C)(C)c1ccc(N2c3ccc(C(C)(C)C)cc3C(c3[c-]c(Oc4[c-]c(-c5nc6ccccc6s5)ccc4)ccc3)(c3ccccn3)c3cc(C(C)(C)C)ccc32)cc1.[Pt+2]. The van der Waals surface area contributed by atoms with E-state index in [9.17, 15) is 0 Å². The molecule has 61 heavy (non-hydrogen) atoms. The molecule has 0 atom stereocenters. The molecule has 0 N–H and O–H groups in total. The van der Waals surface area contributed by atoms with Crippen molar-refractivity contribution in [2.75, 3.05) is 4.90 Å². The molecule has 4 nitrogen and oxygen atoms in total. The van der Waals surface area contributed by atoms with Crippen molar-refractivity contribution in [2.45, 2.75) is 84.0 Å². The summed E-state index contributed by atoms with van der Waals surface area (Å²) < 4.78 is 7.87. The molecule has 0 radical (unpaired) electrons. The van der Waals surface area contributed by atoms with Gasteiger partial charge in [0.1, 0.15) is 0 Å². The average Bonchev–Trinajstić information content (AvgIpc) is 3.67. The monoisotopic (exact) mass is 996 g/mol. The Morgan fingerprint density at radius 3 is 1.74 bits per heavy atom. The topological polar surface area (TPSA) is 38.2 Å². The summed E-state index contributed by atoms with van der Waals surface area (Å²) in [6.07, 6.45) is 1.91. The number of nitrogens with zero attached hydrogens (tertiary/aromatic N) is 3. The van der Waals surface area contributed by atoms with Crippen molar-refractivity contribution in [3.8, 4) is 22.1 Å². The molecule has 0 aliphatic carbocycles. The predicted octanol–water partition coefficient (Wildman–Crippen LogP) is 14.8. The van der Waals surface area contributed by atoms with E-state index in [4.69, 9.17) is 14.7 Å². The van der Waals surface area contributed by atoms with E-state index in [2.05, 4.69) is 170 Å². The number of thiazole rings is 1. The minimum Gasteiger partial charge on any atom is -0.503 e. The van der Waals surface area contributed by atoms with Crippen LogP contribution in [0.15, 0.2) is 146 Å². The van der Waals surface area contributed by atoms with E-state index in [1.807, 2.05) is 54.7 Å². The molecule has 2 aromatic heterocycles.